The van der Waals surface area contributed by atoms with Gasteiger partial charge in [-0.15, -0.1) is 0 Å². The molecule has 2 aromatic rings. The Morgan fingerprint density at radius 2 is 1.93 bits per heavy atom. The zero-order chi connectivity index (χ0) is 19.8. The number of rotatable bonds is 4. The van der Waals surface area contributed by atoms with Crippen LogP contribution in [0.2, 0.25) is 5.15 Å². The number of aryl methyl sites for hydroxylation is 1. The Hall–Kier alpha value is -1.92. The first-order valence-corrected chi connectivity index (χ1v) is 9.73. The maximum atomic E-state index is 12.7. The van der Waals surface area contributed by atoms with E-state index in [2.05, 4.69) is 20.3 Å². The number of imidazole rings is 1. The van der Waals surface area contributed by atoms with Crippen LogP contribution in [-0.4, -0.2) is 51.4 Å². The molecule has 1 aliphatic heterocycles. The summed E-state index contributed by atoms with van der Waals surface area (Å²) in [6.45, 7) is 0.482. The lowest BCUT2D eigenvalue weighted by atomic mass is 10.1. The van der Waals surface area contributed by atoms with Gasteiger partial charge in [0.2, 0.25) is 5.95 Å². The van der Waals surface area contributed by atoms with Crippen molar-refractivity contribution in [2.24, 2.45) is 7.05 Å². The minimum Gasteiger partial charge on any atom is -0.351 e. The normalized spacial score (nSPS) is 17.2. The number of anilines is 1. The third-order valence-corrected chi connectivity index (χ3v) is 6.19. The first kappa shape index (κ1) is 19.8. The summed E-state index contributed by atoms with van der Waals surface area (Å²) in [6.07, 6.45) is -0.286. The molecule has 1 aliphatic rings. The maximum absolute atomic E-state index is 12.7. The summed E-state index contributed by atoms with van der Waals surface area (Å²) in [7, 11) is -1.99. The van der Waals surface area contributed by atoms with Gasteiger partial charge in [-0.25, -0.2) is 23.4 Å². The molecule has 148 valence electrons. The summed E-state index contributed by atoms with van der Waals surface area (Å²) in [5, 5.41) is 2.20. The van der Waals surface area contributed by atoms with Crippen molar-refractivity contribution in [2.45, 2.75) is 30.1 Å². The van der Waals surface area contributed by atoms with Crippen molar-refractivity contribution in [1.82, 2.24) is 23.8 Å². The van der Waals surface area contributed by atoms with Crippen molar-refractivity contribution in [1.29, 1.82) is 0 Å². The number of nitrogens with one attached hydrogen (secondary N) is 1. The van der Waals surface area contributed by atoms with E-state index >= 15 is 0 Å². The van der Waals surface area contributed by atoms with Gasteiger partial charge in [-0.2, -0.15) is 17.5 Å². The van der Waals surface area contributed by atoms with Crippen LogP contribution in [0.15, 0.2) is 23.7 Å². The lowest BCUT2D eigenvalue weighted by molar-refractivity contribution is -0.137. The lowest BCUT2D eigenvalue weighted by Gasteiger charge is -2.31. The average Bonchev–Trinajstić information content (AvgIpc) is 3.01. The van der Waals surface area contributed by atoms with Crippen LogP contribution in [0, 0.1) is 0 Å². The summed E-state index contributed by atoms with van der Waals surface area (Å²) < 4.78 is 66.0. The highest BCUT2D eigenvalue weighted by atomic mass is 35.5. The molecule has 3 rings (SSSR count). The van der Waals surface area contributed by atoms with E-state index in [1.807, 2.05) is 0 Å². The molecule has 0 spiro atoms. The average molecular weight is 425 g/mol. The smallest absolute Gasteiger partial charge is 0.351 e. The third-order valence-electron chi connectivity index (χ3n) is 4.12. The molecular weight excluding hydrogens is 409 g/mol. The van der Waals surface area contributed by atoms with E-state index in [0.717, 1.165) is 0 Å². The topological polar surface area (TPSA) is 93.0 Å². The van der Waals surface area contributed by atoms with Crippen LogP contribution < -0.4 is 5.32 Å². The standard InChI is InChI=1S/C14H16ClF3N6O2S/c1-23-7-11(20-8-23)27(25,26)24-4-2-9(3-5-24)21-13-19-6-10(12(15)22-13)14(16,17)18/h6-9H,2-5H2,1H3,(H,19,21,22). The third kappa shape index (κ3) is 4.33. The van der Waals surface area contributed by atoms with Gasteiger partial charge in [-0.1, -0.05) is 11.6 Å². The number of sulfonamides is 1. The second kappa shape index (κ2) is 7.24. The number of hydrogen-bond acceptors (Lipinski definition) is 6. The van der Waals surface area contributed by atoms with E-state index in [4.69, 9.17) is 11.6 Å². The Balaban J connectivity index is 1.62. The molecule has 27 heavy (non-hydrogen) atoms. The molecule has 0 atom stereocenters. The Kier molecular flexibility index (Phi) is 5.32. The molecular formula is C14H16ClF3N6O2S. The van der Waals surface area contributed by atoms with Crippen LogP contribution in [0.3, 0.4) is 0 Å². The highest BCUT2D eigenvalue weighted by Gasteiger charge is 2.35. The zero-order valence-electron chi connectivity index (χ0n) is 14.1. The first-order chi connectivity index (χ1) is 12.6. The summed E-state index contributed by atoms with van der Waals surface area (Å²) in [5.41, 5.74) is -1.11. The number of hydrogen-bond donors (Lipinski definition) is 1. The van der Waals surface area contributed by atoms with Crippen molar-refractivity contribution in [3.8, 4) is 0 Å². The van der Waals surface area contributed by atoms with Gasteiger partial charge in [-0.05, 0) is 12.8 Å². The van der Waals surface area contributed by atoms with E-state index < -0.39 is 26.9 Å². The second-order valence-electron chi connectivity index (χ2n) is 6.10. The second-order valence-corrected chi connectivity index (χ2v) is 8.34. The molecule has 0 aromatic carbocycles. The minimum atomic E-state index is -4.62. The van der Waals surface area contributed by atoms with Crippen LogP contribution in [0.4, 0.5) is 19.1 Å². The number of halogens is 4. The van der Waals surface area contributed by atoms with Gasteiger partial charge in [0.25, 0.3) is 10.0 Å². The molecule has 2 aromatic heterocycles. The van der Waals surface area contributed by atoms with Crippen molar-refractivity contribution in [2.75, 3.05) is 18.4 Å². The molecule has 8 nitrogen and oxygen atoms in total. The highest BCUT2D eigenvalue weighted by Crippen LogP contribution is 2.33. The minimum absolute atomic E-state index is 0.0192. The number of alkyl halides is 3. The molecule has 0 saturated carbocycles. The molecule has 1 fully saturated rings. The fourth-order valence-electron chi connectivity index (χ4n) is 2.70. The Labute approximate surface area is 158 Å². The van der Waals surface area contributed by atoms with E-state index in [1.54, 1.807) is 11.6 Å². The molecule has 3 heterocycles. The van der Waals surface area contributed by atoms with Crippen LogP contribution in [0.25, 0.3) is 0 Å². The van der Waals surface area contributed by atoms with Crippen LogP contribution in [0.1, 0.15) is 18.4 Å². The molecule has 0 bridgehead atoms. The van der Waals surface area contributed by atoms with E-state index in [-0.39, 0.29) is 30.1 Å². The summed E-state index contributed by atoms with van der Waals surface area (Å²) in [6, 6.07) is -0.187. The fourth-order valence-corrected chi connectivity index (χ4v) is 4.37. The largest absolute Gasteiger partial charge is 0.420 e. The number of piperidine rings is 1. The van der Waals surface area contributed by atoms with E-state index in [1.165, 1.54) is 16.8 Å². The van der Waals surface area contributed by atoms with Gasteiger partial charge in [0.05, 0.1) is 6.33 Å². The molecule has 13 heteroatoms. The van der Waals surface area contributed by atoms with Gasteiger partial charge >= 0.3 is 6.18 Å². The lowest BCUT2D eigenvalue weighted by Crippen LogP contribution is -2.42. The van der Waals surface area contributed by atoms with Gasteiger partial charge in [0.1, 0.15) is 10.7 Å². The van der Waals surface area contributed by atoms with Gasteiger partial charge in [0.15, 0.2) is 5.03 Å². The Morgan fingerprint density at radius 1 is 1.26 bits per heavy atom. The molecule has 0 amide bonds. The number of nitrogens with zero attached hydrogens (tertiary/aromatic N) is 5. The van der Waals surface area contributed by atoms with Crippen LogP contribution in [0.5, 0.6) is 0 Å². The predicted molar refractivity (Wildman–Crippen MR) is 90.7 cm³/mol. The predicted octanol–water partition coefficient (Wildman–Crippen LogP) is 2.15. The van der Waals surface area contributed by atoms with Crippen molar-refractivity contribution >= 4 is 27.6 Å². The monoisotopic (exact) mass is 424 g/mol. The van der Waals surface area contributed by atoms with Crippen molar-refractivity contribution in [3.05, 3.63) is 29.4 Å². The first-order valence-electron chi connectivity index (χ1n) is 7.92. The summed E-state index contributed by atoms with van der Waals surface area (Å²) >= 11 is 5.58. The molecule has 1 saturated heterocycles. The SMILES string of the molecule is Cn1cnc(S(=O)(=O)N2CCC(Nc3ncc(C(F)(F)F)c(Cl)n3)CC2)c1. The van der Waals surface area contributed by atoms with E-state index in [0.29, 0.717) is 19.0 Å². The maximum Gasteiger partial charge on any atom is 0.420 e. The van der Waals surface area contributed by atoms with E-state index in [9.17, 15) is 21.6 Å². The summed E-state index contributed by atoms with van der Waals surface area (Å²) in [4.78, 5) is 11.2. The van der Waals surface area contributed by atoms with Gasteiger partial charge < -0.3 is 9.88 Å². The van der Waals surface area contributed by atoms with Crippen molar-refractivity contribution < 1.29 is 21.6 Å². The number of aromatic nitrogens is 4. The molecule has 0 unspecified atom stereocenters. The fraction of sp³-hybridized carbons (Fsp3) is 0.500. The Bertz CT molecular complexity index is 925. The summed E-state index contributed by atoms with van der Waals surface area (Å²) in [5.74, 6) is -0.0287. The van der Waals surface area contributed by atoms with Crippen LogP contribution >= 0.6 is 11.6 Å². The van der Waals surface area contributed by atoms with Crippen LogP contribution in [-0.2, 0) is 23.2 Å². The van der Waals surface area contributed by atoms with Gasteiger partial charge in [-0.3, -0.25) is 0 Å². The molecule has 1 N–H and O–H groups in total. The molecule has 0 radical (unpaired) electrons. The zero-order valence-corrected chi connectivity index (χ0v) is 15.7. The van der Waals surface area contributed by atoms with Crippen molar-refractivity contribution in [3.63, 3.8) is 0 Å². The highest BCUT2D eigenvalue weighted by molar-refractivity contribution is 7.89. The molecule has 0 aliphatic carbocycles. The Morgan fingerprint density at radius 3 is 2.44 bits per heavy atom. The van der Waals surface area contributed by atoms with Gasteiger partial charge in [0, 0.05) is 38.6 Å². The quantitative estimate of drug-likeness (QED) is 0.756.